The van der Waals surface area contributed by atoms with E-state index in [4.69, 9.17) is 11.6 Å². The highest BCUT2D eigenvalue weighted by molar-refractivity contribution is 6.30. The molecule has 0 aliphatic carbocycles. The maximum absolute atomic E-state index is 5.92. The van der Waals surface area contributed by atoms with Crippen molar-refractivity contribution in [1.29, 1.82) is 0 Å². The van der Waals surface area contributed by atoms with E-state index < -0.39 is 0 Å². The quantitative estimate of drug-likeness (QED) is 0.699. The van der Waals surface area contributed by atoms with Gasteiger partial charge in [-0.15, -0.1) is 0 Å². The molecule has 3 nitrogen and oxygen atoms in total. The lowest BCUT2D eigenvalue weighted by molar-refractivity contribution is 0.796. The highest BCUT2D eigenvalue weighted by Crippen LogP contribution is 2.16. The normalized spacial score (nSPS) is 10.7. The Labute approximate surface area is 142 Å². The van der Waals surface area contributed by atoms with Gasteiger partial charge in [-0.05, 0) is 35.4 Å². The van der Waals surface area contributed by atoms with E-state index in [0.717, 1.165) is 23.7 Å². The summed E-state index contributed by atoms with van der Waals surface area (Å²) < 4.78 is 2.11. The lowest BCUT2D eigenvalue weighted by atomic mass is 10.1. The molecule has 1 heterocycles. The van der Waals surface area contributed by atoms with E-state index in [1.807, 2.05) is 30.6 Å². The second-order valence-corrected chi connectivity index (χ2v) is 6.34. The highest BCUT2D eigenvalue weighted by atomic mass is 35.5. The largest absolute Gasteiger partial charge is 0.378 e. The van der Waals surface area contributed by atoms with Gasteiger partial charge in [0.05, 0.1) is 12.0 Å². The molecule has 0 saturated heterocycles. The number of rotatable bonds is 5. The minimum Gasteiger partial charge on any atom is -0.378 e. The molecule has 0 bridgehead atoms. The van der Waals surface area contributed by atoms with Crippen molar-refractivity contribution in [1.82, 2.24) is 9.55 Å². The smallest absolute Gasteiger partial charge is 0.0952 e. The number of halogens is 1. The Morgan fingerprint density at radius 3 is 2.57 bits per heavy atom. The topological polar surface area (TPSA) is 21.1 Å². The van der Waals surface area contributed by atoms with Crippen molar-refractivity contribution in [3.63, 3.8) is 0 Å². The van der Waals surface area contributed by atoms with Gasteiger partial charge in [-0.1, -0.05) is 35.9 Å². The molecular formula is C19H20ClN3. The maximum atomic E-state index is 5.92. The lowest BCUT2D eigenvalue weighted by Crippen LogP contribution is -2.08. The van der Waals surface area contributed by atoms with Gasteiger partial charge in [0, 0.05) is 44.0 Å². The Bertz CT molecular complexity index is 775. The van der Waals surface area contributed by atoms with Crippen LogP contribution in [0.15, 0.2) is 61.1 Å². The first-order valence-electron chi connectivity index (χ1n) is 7.61. The molecular weight excluding hydrogens is 306 g/mol. The van der Waals surface area contributed by atoms with Gasteiger partial charge in [0.1, 0.15) is 0 Å². The van der Waals surface area contributed by atoms with E-state index in [2.05, 4.69) is 59.0 Å². The Kier molecular flexibility index (Phi) is 4.68. The Hall–Kier alpha value is -2.26. The summed E-state index contributed by atoms with van der Waals surface area (Å²) in [5.74, 6) is 0. The molecule has 3 aromatic rings. The summed E-state index contributed by atoms with van der Waals surface area (Å²) in [4.78, 5) is 6.64. The molecule has 0 aliphatic rings. The maximum Gasteiger partial charge on any atom is 0.0952 e. The molecule has 1 aromatic heterocycles. The summed E-state index contributed by atoms with van der Waals surface area (Å²) in [7, 11) is 4.11. The van der Waals surface area contributed by atoms with Crippen LogP contribution in [-0.4, -0.2) is 23.6 Å². The van der Waals surface area contributed by atoms with Crippen LogP contribution in [0, 0.1) is 0 Å². The van der Waals surface area contributed by atoms with Gasteiger partial charge in [0.25, 0.3) is 0 Å². The molecule has 0 amide bonds. The van der Waals surface area contributed by atoms with Crippen molar-refractivity contribution in [2.75, 3.05) is 19.0 Å². The minimum absolute atomic E-state index is 0.765. The summed E-state index contributed by atoms with van der Waals surface area (Å²) in [6.07, 6.45) is 4.84. The van der Waals surface area contributed by atoms with Crippen LogP contribution in [0.1, 0.15) is 16.8 Å². The molecule has 4 heteroatoms. The number of benzene rings is 2. The Balaban J connectivity index is 1.69. The van der Waals surface area contributed by atoms with Crippen LogP contribution in [0.5, 0.6) is 0 Å². The highest BCUT2D eigenvalue weighted by Gasteiger charge is 2.03. The molecule has 0 unspecified atom stereocenters. The Morgan fingerprint density at radius 2 is 1.83 bits per heavy atom. The van der Waals surface area contributed by atoms with Crippen molar-refractivity contribution in [2.45, 2.75) is 13.0 Å². The fraction of sp³-hybridized carbons (Fsp3) is 0.211. The predicted octanol–water partition coefficient (Wildman–Crippen LogP) is 4.24. The van der Waals surface area contributed by atoms with E-state index in [-0.39, 0.29) is 0 Å². The molecule has 3 rings (SSSR count). The SMILES string of the molecule is CN(C)c1cccc(Cc2cn(Cc3ccc(Cl)cc3)cn2)c1. The fourth-order valence-corrected chi connectivity index (χ4v) is 2.66. The summed E-state index contributed by atoms with van der Waals surface area (Å²) in [6.45, 7) is 0.807. The van der Waals surface area contributed by atoms with E-state index >= 15 is 0 Å². The predicted molar refractivity (Wildman–Crippen MR) is 96.4 cm³/mol. The third kappa shape index (κ3) is 4.14. The molecule has 23 heavy (non-hydrogen) atoms. The van der Waals surface area contributed by atoms with Crippen LogP contribution in [-0.2, 0) is 13.0 Å². The lowest BCUT2D eigenvalue weighted by Gasteiger charge is -2.13. The van der Waals surface area contributed by atoms with Gasteiger partial charge in [-0.3, -0.25) is 0 Å². The van der Waals surface area contributed by atoms with Crippen LogP contribution in [0.4, 0.5) is 5.69 Å². The summed E-state index contributed by atoms with van der Waals surface area (Å²) in [5, 5.41) is 0.765. The molecule has 0 N–H and O–H groups in total. The molecule has 118 valence electrons. The molecule has 0 radical (unpaired) electrons. The van der Waals surface area contributed by atoms with E-state index in [1.165, 1.54) is 16.8 Å². The zero-order valence-electron chi connectivity index (χ0n) is 13.4. The Morgan fingerprint density at radius 1 is 1.04 bits per heavy atom. The average Bonchev–Trinajstić information content (AvgIpc) is 2.97. The van der Waals surface area contributed by atoms with Gasteiger partial charge in [0.2, 0.25) is 0 Å². The summed E-state index contributed by atoms with van der Waals surface area (Å²) in [6, 6.07) is 16.5. The van der Waals surface area contributed by atoms with Gasteiger partial charge in [-0.25, -0.2) is 4.98 Å². The van der Waals surface area contributed by atoms with Crippen LogP contribution in [0.25, 0.3) is 0 Å². The number of imidazole rings is 1. The zero-order valence-corrected chi connectivity index (χ0v) is 14.2. The van der Waals surface area contributed by atoms with Crippen molar-refractivity contribution < 1.29 is 0 Å². The van der Waals surface area contributed by atoms with Gasteiger partial charge >= 0.3 is 0 Å². The van der Waals surface area contributed by atoms with Crippen LogP contribution >= 0.6 is 11.6 Å². The average molecular weight is 326 g/mol. The first-order chi connectivity index (χ1) is 11.1. The molecule has 0 saturated carbocycles. The van der Waals surface area contributed by atoms with E-state index in [9.17, 15) is 0 Å². The molecule has 0 atom stereocenters. The van der Waals surface area contributed by atoms with Crippen molar-refractivity contribution in [2.24, 2.45) is 0 Å². The summed E-state index contributed by atoms with van der Waals surface area (Å²) >= 11 is 5.92. The molecule has 0 fully saturated rings. The van der Waals surface area contributed by atoms with Crippen molar-refractivity contribution >= 4 is 17.3 Å². The first-order valence-corrected chi connectivity index (χ1v) is 7.99. The van der Waals surface area contributed by atoms with Crippen molar-refractivity contribution in [3.8, 4) is 0 Å². The molecule has 0 aliphatic heterocycles. The van der Waals surface area contributed by atoms with Gasteiger partial charge in [0.15, 0.2) is 0 Å². The second kappa shape index (κ2) is 6.88. The second-order valence-electron chi connectivity index (χ2n) is 5.90. The molecule has 0 spiro atoms. The zero-order chi connectivity index (χ0) is 16.2. The van der Waals surface area contributed by atoms with Crippen LogP contribution < -0.4 is 4.90 Å². The number of aromatic nitrogens is 2. The summed E-state index contributed by atoms with van der Waals surface area (Å²) in [5.41, 5.74) is 4.78. The number of nitrogens with zero attached hydrogens (tertiary/aromatic N) is 3. The van der Waals surface area contributed by atoms with E-state index in [0.29, 0.717) is 0 Å². The number of hydrogen-bond donors (Lipinski definition) is 0. The third-order valence-electron chi connectivity index (χ3n) is 3.78. The standard InChI is InChI=1S/C19H20ClN3/c1-22(2)19-5-3-4-16(11-19)10-18-13-23(14-21-18)12-15-6-8-17(20)9-7-15/h3-9,11,13-14H,10,12H2,1-2H3. The van der Waals surface area contributed by atoms with Gasteiger partial charge < -0.3 is 9.47 Å². The first kappa shape index (κ1) is 15.6. The number of anilines is 1. The van der Waals surface area contributed by atoms with Gasteiger partial charge in [-0.2, -0.15) is 0 Å². The monoisotopic (exact) mass is 325 g/mol. The number of hydrogen-bond acceptors (Lipinski definition) is 2. The minimum atomic E-state index is 0.765. The fourth-order valence-electron chi connectivity index (χ4n) is 2.54. The van der Waals surface area contributed by atoms with Crippen molar-refractivity contribution in [3.05, 3.63) is 82.9 Å². The third-order valence-corrected chi connectivity index (χ3v) is 4.03. The van der Waals surface area contributed by atoms with Crippen LogP contribution in [0.2, 0.25) is 5.02 Å². The van der Waals surface area contributed by atoms with E-state index in [1.54, 1.807) is 0 Å². The molecule has 2 aromatic carbocycles. The van der Waals surface area contributed by atoms with Crippen LogP contribution in [0.3, 0.4) is 0 Å².